The summed E-state index contributed by atoms with van der Waals surface area (Å²) in [5.41, 5.74) is 0. The van der Waals surface area contributed by atoms with Crippen molar-refractivity contribution in [3.8, 4) is 0 Å². The summed E-state index contributed by atoms with van der Waals surface area (Å²) in [6.45, 7) is 10.2. The van der Waals surface area contributed by atoms with E-state index in [1.54, 1.807) is 0 Å². The van der Waals surface area contributed by atoms with Gasteiger partial charge in [-0.25, -0.2) is 0 Å². The molecule has 0 saturated heterocycles. The highest BCUT2D eigenvalue weighted by molar-refractivity contribution is 7.90. The highest BCUT2D eigenvalue weighted by Crippen LogP contribution is 2.12. The molecule has 0 aliphatic heterocycles. The zero-order valence-electron chi connectivity index (χ0n) is 7.52. The molecular weight excluding hydrogens is 158 g/mol. The molecule has 0 amide bonds. The van der Waals surface area contributed by atoms with E-state index >= 15 is 0 Å². The van der Waals surface area contributed by atoms with E-state index in [9.17, 15) is 4.55 Å². The fraction of sp³-hybridized carbons (Fsp3) is 0.750. The van der Waals surface area contributed by atoms with Crippen LogP contribution in [0.4, 0.5) is 0 Å². The molecular formula is C8H17NOS. The van der Waals surface area contributed by atoms with Crippen molar-refractivity contribution in [3.63, 3.8) is 0 Å². The third-order valence-corrected chi connectivity index (χ3v) is 2.72. The minimum absolute atomic E-state index is 0.166. The average molecular weight is 175 g/mol. The fourth-order valence-corrected chi connectivity index (χ4v) is 1.21. The molecule has 1 atom stereocenters. The van der Waals surface area contributed by atoms with Crippen molar-refractivity contribution in [1.82, 2.24) is 4.72 Å². The lowest BCUT2D eigenvalue weighted by Crippen LogP contribution is -2.39. The summed E-state index contributed by atoms with van der Waals surface area (Å²) < 4.78 is 14.1. The van der Waals surface area contributed by atoms with E-state index in [-0.39, 0.29) is 4.75 Å². The van der Waals surface area contributed by atoms with Crippen LogP contribution in [0.25, 0.3) is 0 Å². The lowest BCUT2D eigenvalue weighted by Gasteiger charge is -2.23. The second-order valence-corrected chi connectivity index (χ2v) is 5.40. The Hall–Kier alpha value is 0.01000. The van der Waals surface area contributed by atoms with Gasteiger partial charge in [-0.05, 0) is 27.2 Å². The summed E-state index contributed by atoms with van der Waals surface area (Å²) in [5, 5.41) is 0. The molecule has 2 nitrogen and oxygen atoms in total. The van der Waals surface area contributed by atoms with Gasteiger partial charge in [0.1, 0.15) is 4.75 Å². The minimum atomic E-state index is -0.937. The van der Waals surface area contributed by atoms with Crippen LogP contribution in [-0.4, -0.2) is 15.8 Å². The van der Waals surface area contributed by atoms with Gasteiger partial charge in [-0.1, -0.05) is 6.08 Å². The second-order valence-electron chi connectivity index (χ2n) is 3.35. The predicted molar refractivity (Wildman–Crippen MR) is 50.7 cm³/mol. The molecule has 1 unspecified atom stereocenters. The Kier molecular flexibility index (Phi) is 4.81. The number of rotatable bonds is 4. The van der Waals surface area contributed by atoms with Crippen LogP contribution in [-0.2, 0) is 11.4 Å². The van der Waals surface area contributed by atoms with E-state index in [0.29, 0.717) is 0 Å². The van der Waals surface area contributed by atoms with Crippen molar-refractivity contribution < 1.29 is 4.55 Å². The van der Waals surface area contributed by atoms with Crippen LogP contribution < -0.4 is 4.72 Å². The van der Waals surface area contributed by atoms with E-state index in [2.05, 4.69) is 11.3 Å². The molecule has 0 heterocycles. The second kappa shape index (κ2) is 4.80. The Morgan fingerprint density at radius 3 is 2.45 bits per heavy atom. The lowest BCUT2D eigenvalue weighted by atomic mass is 10.3. The summed E-state index contributed by atoms with van der Waals surface area (Å²) >= 11 is -0.937. The van der Waals surface area contributed by atoms with E-state index < -0.39 is 11.4 Å². The number of hydrogen-bond acceptors (Lipinski definition) is 2. The van der Waals surface area contributed by atoms with Gasteiger partial charge in [-0.3, -0.25) is 0 Å². The van der Waals surface area contributed by atoms with Gasteiger partial charge >= 0.3 is 0 Å². The molecule has 1 N–H and O–H groups in total. The van der Waals surface area contributed by atoms with E-state index in [1.165, 1.54) is 0 Å². The van der Waals surface area contributed by atoms with Crippen molar-refractivity contribution in [2.75, 3.05) is 6.54 Å². The molecule has 0 bridgehead atoms. The molecule has 0 spiro atoms. The Bertz CT molecular complexity index is 120. The van der Waals surface area contributed by atoms with Gasteiger partial charge < -0.3 is 4.55 Å². The first kappa shape index (κ1) is 11.0. The van der Waals surface area contributed by atoms with Crippen LogP contribution >= 0.6 is 0 Å². The molecule has 0 aliphatic rings. The smallest absolute Gasteiger partial charge is 0.136 e. The molecule has 0 aromatic heterocycles. The topological polar surface area (TPSA) is 35.1 Å². The van der Waals surface area contributed by atoms with Gasteiger partial charge in [-0.15, -0.1) is 11.3 Å². The predicted octanol–water partition coefficient (Wildman–Crippen LogP) is 1.61. The monoisotopic (exact) mass is 175 g/mol. The maximum atomic E-state index is 11.3. The van der Waals surface area contributed by atoms with Crippen LogP contribution in [0.1, 0.15) is 27.2 Å². The maximum Gasteiger partial charge on any atom is 0.136 e. The third-order valence-electron chi connectivity index (χ3n) is 1.14. The first-order chi connectivity index (χ1) is 4.98. The van der Waals surface area contributed by atoms with Crippen LogP contribution in [0.5, 0.6) is 0 Å². The van der Waals surface area contributed by atoms with Crippen LogP contribution in [0.2, 0.25) is 0 Å². The average Bonchev–Trinajstić information content (AvgIpc) is 1.86. The fourth-order valence-electron chi connectivity index (χ4n) is 0.470. The Morgan fingerprint density at radius 2 is 2.09 bits per heavy atom. The SMILES string of the molecule is C=CCCN[S+]([O-])C(C)(C)C. The van der Waals surface area contributed by atoms with Gasteiger partial charge in [0.2, 0.25) is 0 Å². The van der Waals surface area contributed by atoms with E-state index in [4.69, 9.17) is 0 Å². The quantitative estimate of drug-likeness (QED) is 0.400. The molecule has 0 aromatic rings. The summed E-state index contributed by atoms with van der Waals surface area (Å²) in [6, 6.07) is 0. The van der Waals surface area contributed by atoms with Crippen molar-refractivity contribution in [3.05, 3.63) is 12.7 Å². The van der Waals surface area contributed by atoms with Gasteiger partial charge in [0.05, 0.1) is 0 Å². The largest absolute Gasteiger partial charge is 0.598 e. The van der Waals surface area contributed by atoms with Crippen LogP contribution in [0.15, 0.2) is 12.7 Å². The van der Waals surface area contributed by atoms with Crippen LogP contribution in [0, 0.1) is 0 Å². The van der Waals surface area contributed by atoms with Crippen molar-refractivity contribution in [2.24, 2.45) is 0 Å². The Balaban J connectivity index is 3.52. The molecule has 3 heteroatoms. The number of hydrogen-bond donors (Lipinski definition) is 1. The van der Waals surface area contributed by atoms with Gasteiger partial charge in [0.15, 0.2) is 0 Å². The minimum Gasteiger partial charge on any atom is -0.598 e. The summed E-state index contributed by atoms with van der Waals surface area (Å²) in [4.78, 5) is 0. The summed E-state index contributed by atoms with van der Waals surface area (Å²) in [5.74, 6) is 0. The Morgan fingerprint density at radius 1 is 1.55 bits per heavy atom. The third kappa shape index (κ3) is 5.30. The highest BCUT2D eigenvalue weighted by Gasteiger charge is 2.25. The molecule has 11 heavy (non-hydrogen) atoms. The van der Waals surface area contributed by atoms with Crippen molar-refractivity contribution >= 4 is 11.4 Å². The van der Waals surface area contributed by atoms with E-state index in [0.717, 1.165) is 13.0 Å². The zero-order valence-corrected chi connectivity index (χ0v) is 8.33. The maximum absolute atomic E-state index is 11.3. The highest BCUT2D eigenvalue weighted by atomic mass is 32.2. The molecule has 66 valence electrons. The molecule has 0 aromatic carbocycles. The van der Waals surface area contributed by atoms with Crippen molar-refractivity contribution in [2.45, 2.75) is 31.9 Å². The van der Waals surface area contributed by atoms with Gasteiger partial charge in [-0.2, -0.15) is 0 Å². The number of nitrogens with one attached hydrogen (secondary N) is 1. The van der Waals surface area contributed by atoms with E-state index in [1.807, 2.05) is 26.8 Å². The molecule has 0 saturated carbocycles. The van der Waals surface area contributed by atoms with Gasteiger partial charge in [0.25, 0.3) is 0 Å². The normalized spacial score (nSPS) is 14.5. The molecule has 0 fully saturated rings. The zero-order chi connectivity index (χ0) is 8.91. The summed E-state index contributed by atoms with van der Waals surface area (Å²) in [7, 11) is 0. The molecule has 0 aliphatic carbocycles. The summed E-state index contributed by atoms with van der Waals surface area (Å²) in [6.07, 6.45) is 2.68. The standard InChI is InChI=1S/C8H17NOS/c1-5-6-7-9-11(10)8(2,3)4/h5,9H,1,6-7H2,2-4H3. The van der Waals surface area contributed by atoms with Crippen LogP contribution in [0.3, 0.4) is 0 Å². The Labute approximate surface area is 72.4 Å². The van der Waals surface area contributed by atoms with Crippen molar-refractivity contribution in [1.29, 1.82) is 0 Å². The first-order valence-corrected chi connectivity index (χ1v) is 4.89. The molecule has 0 rings (SSSR count). The molecule has 0 radical (unpaired) electrons. The lowest BCUT2D eigenvalue weighted by molar-refractivity contribution is 0.545. The van der Waals surface area contributed by atoms with Gasteiger partial charge in [0, 0.05) is 17.9 Å². The first-order valence-electron chi connectivity index (χ1n) is 3.74.